The normalized spacial score (nSPS) is 18.4. The Hall–Kier alpha value is -2.42. The number of nitrogens with zero attached hydrogens (tertiary/aromatic N) is 3. The molecule has 0 saturated carbocycles. The number of rotatable bonds is 8. The van der Waals surface area contributed by atoms with E-state index >= 15 is 0 Å². The zero-order valence-electron chi connectivity index (χ0n) is 16.4. The van der Waals surface area contributed by atoms with Crippen LogP contribution in [0.1, 0.15) is 5.56 Å². The third-order valence-corrected chi connectivity index (χ3v) is 5.14. The maximum atomic E-state index is 13.2. The molecule has 0 unspecified atom stereocenters. The lowest BCUT2D eigenvalue weighted by Crippen LogP contribution is -2.48. The molecule has 8 heteroatoms. The van der Waals surface area contributed by atoms with E-state index in [-0.39, 0.29) is 31.6 Å². The Kier molecular flexibility index (Phi) is 6.66. The van der Waals surface area contributed by atoms with Crippen LogP contribution in [0, 0.1) is 0 Å². The number of carbonyl (C=O) groups is 2. The summed E-state index contributed by atoms with van der Waals surface area (Å²) < 4.78 is 10.5. The first-order valence-corrected chi connectivity index (χ1v) is 9.43. The topological polar surface area (TPSA) is 82.6 Å². The van der Waals surface area contributed by atoms with E-state index < -0.39 is 0 Å². The van der Waals surface area contributed by atoms with E-state index in [4.69, 9.17) is 14.6 Å². The molecule has 1 aromatic carbocycles. The van der Waals surface area contributed by atoms with Crippen molar-refractivity contribution >= 4 is 17.4 Å². The number of hydrogen-bond donors (Lipinski definition) is 1. The maximum Gasteiger partial charge on any atom is 0.277 e. The van der Waals surface area contributed by atoms with Crippen molar-refractivity contribution in [3.63, 3.8) is 0 Å². The summed E-state index contributed by atoms with van der Waals surface area (Å²) in [6.07, 6.45) is 0. The molecule has 0 radical (unpaired) electrons. The van der Waals surface area contributed by atoms with Gasteiger partial charge >= 0.3 is 0 Å². The molecule has 1 N–H and O–H groups in total. The molecule has 1 saturated heterocycles. The summed E-state index contributed by atoms with van der Waals surface area (Å²) in [7, 11) is 3.09. The number of amides is 2. The Balaban J connectivity index is 1.98. The fourth-order valence-electron chi connectivity index (χ4n) is 3.67. The van der Waals surface area contributed by atoms with E-state index in [1.165, 1.54) is 4.90 Å². The monoisotopic (exact) mass is 389 g/mol. The van der Waals surface area contributed by atoms with E-state index in [2.05, 4.69) is 4.90 Å². The van der Waals surface area contributed by atoms with Gasteiger partial charge in [0.1, 0.15) is 11.4 Å². The quantitative estimate of drug-likeness (QED) is 0.628. The summed E-state index contributed by atoms with van der Waals surface area (Å²) in [5.74, 6) is -0.0541. The standard InChI is InChI=1S/C20H27N3O5/c1-27-14-12-23-19(25)17(15-5-3-4-6-16(15)28-2)18(20(23)26)22-9-7-21(8-10-22)11-13-24/h3-6,24H,7-14H2,1-2H3. The first kappa shape index (κ1) is 20.3. The van der Waals surface area contributed by atoms with Gasteiger partial charge in [-0.3, -0.25) is 19.4 Å². The lowest BCUT2D eigenvalue weighted by molar-refractivity contribution is -0.138. The number of hydrogen-bond acceptors (Lipinski definition) is 7. The molecule has 1 aromatic rings. The van der Waals surface area contributed by atoms with Crippen molar-refractivity contribution in [3.8, 4) is 5.75 Å². The molecule has 3 rings (SSSR count). The summed E-state index contributed by atoms with van der Waals surface area (Å²) in [5, 5.41) is 9.14. The van der Waals surface area contributed by atoms with Crippen LogP contribution in [0.2, 0.25) is 0 Å². The molecule has 0 spiro atoms. The fraction of sp³-hybridized carbons (Fsp3) is 0.500. The van der Waals surface area contributed by atoms with Crippen LogP contribution in [0.5, 0.6) is 5.75 Å². The fourth-order valence-corrected chi connectivity index (χ4v) is 3.67. The van der Waals surface area contributed by atoms with Gasteiger partial charge in [0.15, 0.2) is 0 Å². The van der Waals surface area contributed by atoms with E-state index in [0.29, 0.717) is 42.2 Å². The van der Waals surface area contributed by atoms with Crippen LogP contribution >= 0.6 is 0 Å². The van der Waals surface area contributed by atoms with Crippen LogP contribution < -0.4 is 4.74 Å². The van der Waals surface area contributed by atoms with E-state index in [1.807, 2.05) is 17.0 Å². The van der Waals surface area contributed by atoms with E-state index in [0.717, 1.165) is 13.1 Å². The van der Waals surface area contributed by atoms with Gasteiger partial charge in [-0.25, -0.2) is 0 Å². The predicted molar refractivity (Wildman–Crippen MR) is 104 cm³/mol. The maximum absolute atomic E-state index is 13.2. The highest BCUT2D eigenvalue weighted by molar-refractivity contribution is 6.36. The van der Waals surface area contributed by atoms with Crippen LogP contribution in [0.25, 0.3) is 5.57 Å². The minimum atomic E-state index is -0.320. The Morgan fingerprint density at radius 2 is 1.71 bits per heavy atom. The highest BCUT2D eigenvalue weighted by Crippen LogP contribution is 2.36. The largest absolute Gasteiger partial charge is 0.496 e. The Bertz CT molecular complexity index is 756. The Morgan fingerprint density at radius 1 is 1.00 bits per heavy atom. The minimum absolute atomic E-state index is 0.109. The average molecular weight is 389 g/mol. The van der Waals surface area contributed by atoms with Crippen molar-refractivity contribution in [1.82, 2.24) is 14.7 Å². The number of carbonyl (C=O) groups excluding carboxylic acids is 2. The molecule has 28 heavy (non-hydrogen) atoms. The number of piperazine rings is 1. The molecule has 152 valence electrons. The first-order valence-electron chi connectivity index (χ1n) is 9.43. The van der Waals surface area contributed by atoms with Gasteiger partial charge in [-0.05, 0) is 6.07 Å². The van der Waals surface area contributed by atoms with Crippen LogP contribution in [0.15, 0.2) is 30.0 Å². The minimum Gasteiger partial charge on any atom is -0.496 e. The van der Waals surface area contributed by atoms with Crippen molar-refractivity contribution in [1.29, 1.82) is 0 Å². The number of para-hydroxylation sites is 1. The predicted octanol–water partition coefficient (Wildman–Crippen LogP) is 0.0314. The number of aliphatic hydroxyl groups is 1. The highest BCUT2D eigenvalue weighted by Gasteiger charge is 2.42. The molecular weight excluding hydrogens is 362 g/mol. The summed E-state index contributed by atoms with van der Waals surface area (Å²) >= 11 is 0. The second-order valence-electron chi connectivity index (χ2n) is 6.73. The number of methoxy groups -OCH3 is 2. The molecule has 0 aliphatic carbocycles. The van der Waals surface area contributed by atoms with Crippen molar-refractivity contribution < 1.29 is 24.2 Å². The van der Waals surface area contributed by atoms with Crippen LogP contribution in [0.3, 0.4) is 0 Å². The van der Waals surface area contributed by atoms with Gasteiger partial charge in [-0.15, -0.1) is 0 Å². The van der Waals surface area contributed by atoms with Gasteiger partial charge in [-0.1, -0.05) is 18.2 Å². The van der Waals surface area contributed by atoms with Crippen molar-refractivity contribution in [2.24, 2.45) is 0 Å². The molecule has 0 atom stereocenters. The van der Waals surface area contributed by atoms with Crippen LogP contribution in [-0.2, 0) is 14.3 Å². The van der Waals surface area contributed by atoms with Gasteiger partial charge in [0.2, 0.25) is 0 Å². The van der Waals surface area contributed by atoms with Gasteiger partial charge in [-0.2, -0.15) is 0 Å². The van der Waals surface area contributed by atoms with Gasteiger partial charge in [0.25, 0.3) is 11.8 Å². The second kappa shape index (κ2) is 9.18. The highest BCUT2D eigenvalue weighted by atomic mass is 16.5. The number of ether oxygens (including phenoxy) is 2. The molecule has 1 fully saturated rings. The number of imide groups is 1. The van der Waals surface area contributed by atoms with Gasteiger partial charge in [0, 0.05) is 45.4 Å². The summed E-state index contributed by atoms with van der Waals surface area (Å²) in [6, 6.07) is 7.26. The summed E-state index contributed by atoms with van der Waals surface area (Å²) in [4.78, 5) is 31.7. The molecule has 0 aromatic heterocycles. The second-order valence-corrected chi connectivity index (χ2v) is 6.73. The van der Waals surface area contributed by atoms with E-state index in [9.17, 15) is 9.59 Å². The van der Waals surface area contributed by atoms with Crippen molar-refractivity contribution in [2.75, 3.05) is 66.7 Å². The molecular formula is C20H27N3O5. The van der Waals surface area contributed by atoms with Crippen molar-refractivity contribution in [3.05, 3.63) is 35.5 Å². The third-order valence-electron chi connectivity index (χ3n) is 5.14. The molecule has 8 nitrogen and oxygen atoms in total. The smallest absolute Gasteiger partial charge is 0.277 e. The number of benzene rings is 1. The lowest BCUT2D eigenvalue weighted by atomic mass is 10.0. The van der Waals surface area contributed by atoms with Crippen molar-refractivity contribution in [2.45, 2.75) is 0 Å². The first-order chi connectivity index (χ1) is 13.6. The summed E-state index contributed by atoms with van der Waals surface area (Å²) in [5.41, 5.74) is 1.43. The average Bonchev–Trinajstić information content (AvgIpc) is 2.97. The lowest BCUT2D eigenvalue weighted by Gasteiger charge is -2.36. The molecule has 2 aliphatic heterocycles. The van der Waals surface area contributed by atoms with Crippen LogP contribution in [0.4, 0.5) is 0 Å². The SMILES string of the molecule is COCCN1C(=O)C(c2ccccc2OC)=C(N2CCN(CCO)CC2)C1=O. The Labute approximate surface area is 164 Å². The zero-order valence-corrected chi connectivity index (χ0v) is 16.4. The molecule has 2 heterocycles. The summed E-state index contributed by atoms with van der Waals surface area (Å²) in [6.45, 7) is 3.90. The Morgan fingerprint density at radius 3 is 2.36 bits per heavy atom. The molecule has 0 bridgehead atoms. The van der Waals surface area contributed by atoms with E-state index in [1.54, 1.807) is 26.4 Å². The number of aliphatic hydroxyl groups excluding tert-OH is 1. The van der Waals surface area contributed by atoms with Gasteiger partial charge in [0.05, 0.1) is 32.4 Å². The molecule has 2 aliphatic rings. The van der Waals surface area contributed by atoms with Crippen LogP contribution in [-0.4, -0.2) is 98.3 Å². The van der Waals surface area contributed by atoms with Gasteiger partial charge < -0.3 is 19.5 Å². The molecule has 2 amide bonds. The third kappa shape index (κ3) is 3.89. The zero-order chi connectivity index (χ0) is 20.1. The number of β-amino-alcohol motifs (C(OH)–C–C–N with tert-alkyl or cyclic N) is 1.